The molecule has 11 aromatic rings. The maximum Gasteiger partial charge on any atom is 0.0726 e. The molecule has 0 N–H and O–H groups in total. The summed E-state index contributed by atoms with van der Waals surface area (Å²) in [6, 6.07) is 87.9. The summed E-state index contributed by atoms with van der Waals surface area (Å²) in [6.45, 7) is 0. The predicted molar refractivity (Wildman–Crippen MR) is 261 cm³/mol. The summed E-state index contributed by atoms with van der Waals surface area (Å²) in [5.41, 5.74) is 18.3. The summed E-state index contributed by atoms with van der Waals surface area (Å²) in [5.74, 6) is 0. The van der Waals surface area contributed by atoms with Crippen molar-refractivity contribution in [3.8, 4) is 44.5 Å². The zero-order valence-corrected chi connectivity index (χ0v) is 34.0. The minimum absolute atomic E-state index is 0.449. The minimum Gasteiger partial charge on any atom is -0.310 e. The molecule has 1 heteroatoms. The number of rotatable bonds is 5. The Hall–Kier alpha value is -8.00. The molecule has 0 unspecified atom stereocenters. The van der Waals surface area contributed by atoms with Crippen LogP contribution in [0.25, 0.3) is 76.8 Å². The summed E-state index contributed by atoms with van der Waals surface area (Å²) in [6.07, 6.45) is 0. The third-order valence-electron chi connectivity index (χ3n) is 13.7. The van der Waals surface area contributed by atoms with Crippen molar-refractivity contribution in [2.45, 2.75) is 5.41 Å². The molecule has 13 rings (SSSR count). The summed E-state index contributed by atoms with van der Waals surface area (Å²) >= 11 is 0. The Morgan fingerprint density at radius 1 is 0.226 bits per heavy atom. The molecule has 0 fully saturated rings. The van der Waals surface area contributed by atoms with Gasteiger partial charge in [-0.2, -0.15) is 0 Å². The second-order valence-corrected chi connectivity index (χ2v) is 16.7. The van der Waals surface area contributed by atoms with Gasteiger partial charge in [0, 0.05) is 17.1 Å². The molecule has 2 aliphatic rings. The lowest BCUT2D eigenvalue weighted by molar-refractivity contribution is 0.793. The Morgan fingerprint density at radius 3 is 1.23 bits per heavy atom. The Kier molecular flexibility index (Phi) is 7.59. The van der Waals surface area contributed by atoms with Crippen LogP contribution in [-0.2, 0) is 5.41 Å². The molecule has 0 heterocycles. The van der Waals surface area contributed by atoms with E-state index in [9.17, 15) is 0 Å². The molecule has 0 aromatic heterocycles. The molecular formula is C61H39N. The van der Waals surface area contributed by atoms with Crippen molar-refractivity contribution in [1.82, 2.24) is 0 Å². The average Bonchev–Trinajstić information content (AvgIpc) is 3.82. The van der Waals surface area contributed by atoms with Gasteiger partial charge < -0.3 is 4.90 Å². The molecular weight excluding hydrogens is 747 g/mol. The molecule has 0 saturated heterocycles. The summed E-state index contributed by atoms with van der Waals surface area (Å²) in [7, 11) is 0. The van der Waals surface area contributed by atoms with Crippen molar-refractivity contribution in [1.29, 1.82) is 0 Å². The van der Waals surface area contributed by atoms with Crippen LogP contribution >= 0.6 is 0 Å². The first-order valence-electron chi connectivity index (χ1n) is 21.6. The fourth-order valence-electron chi connectivity index (χ4n) is 11.1. The van der Waals surface area contributed by atoms with E-state index in [4.69, 9.17) is 0 Å². The number of hydrogen-bond donors (Lipinski definition) is 0. The van der Waals surface area contributed by atoms with Gasteiger partial charge in [-0.3, -0.25) is 0 Å². The van der Waals surface area contributed by atoms with Crippen LogP contribution in [0.3, 0.4) is 0 Å². The van der Waals surface area contributed by atoms with E-state index in [0.29, 0.717) is 0 Å². The van der Waals surface area contributed by atoms with Crippen LogP contribution in [0.4, 0.5) is 17.1 Å². The van der Waals surface area contributed by atoms with Gasteiger partial charge in [-0.1, -0.05) is 200 Å². The summed E-state index contributed by atoms with van der Waals surface area (Å²) in [5, 5.41) is 7.60. The monoisotopic (exact) mass is 785 g/mol. The first-order valence-corrected chi connectivity index (χ1v) is 21.6. The van der Waals surface area contributed by atoms with Crippen LogP contribution in [0.15, 0.2) is 237 Å². The third-order valence-corrected chi connectivity index (χ3v) is 13.7. The summed E-state index contributed by atoms with van der Waals surface area (Å²) in [4.78, 5) is 2.49. The van der Waals surface area contributed by atoms with Crippen molar-refractivity contribution in [3.63, 3.8) is 0 Å². The van der Waals surface area contributed by atoms with Gasteiger partial charge in [-0.05, 0) is 135 Å². The Morgan fingerprint density at radius 2 is 0.629 bits per heavy atom. The maximum atomic E-state index is 2.50. The van der Waals surface area contributed by atoms with Gasteiger partial charge in [-0.15, -0.1) is 0 Å². The van der Waals surface area contributed by atoms with Crippen LogP contribution in [0.5, 0.6) is 0 Å². The lowest BCUT2D eigenvalue weighted by Gasteiger charge is -2.32. The third kappa shape index (κ3) is 4.91. The molecule has 288 valence electrons. The second kappa shape index (κ2) is 13.5. The van der Waals surface area contributed by atoms with Crippen LogP contribution in [0, 0.1) is 0 Å². The Labute approximate surface area is 361 Å². The van der Waals surface area contributed by atoms with E-state index in [1.807, 2.05) is 0 Å². The summed E-state index contributed by atoms with van der Waals surface area (Å²) < 4.78 is 0. The largest absolute Gasteiger partial charge is 0.310 e. The molecule has 0 radical (unpaired) electrons. The molecule has 0 amide bonds. The van der Waals surface area contributed by atoms with Crippen molar-refractivity contribution in [3.05, 3.63) is 259 Å². The SMILES string of the molecule is c1ccc(-c2ccccc2-c2cccc(N(c3ccc4c(c3)C3(c5ccccc5-c5ccccc53)c3ccccc3-4)c3ccc4c5ccccc5c5ccccc5c4c3)c2)cc1. The molecule has 0 saturated carbocycles. The molecule has 0 atom stereocenters. The van der Waals surface area contributed by atoms with Gasteiger partial charge in [-0.25, -0.2) is 0 Å². The van der Waals surface area contributed by atoms with Crippen molar-refractivity contribution >= 4 is 49.4 Å². The first-order chi connectivity index (χ1) is 30.8. The molecule has 1 spiro atoms. The Bertz CT molecular complexity index is 3500. The lowest BCUT2D eigenvalue weighted by Crippen LogP contribution is -2.26. The molecule has 11 aromatic carbocycles. The van der Waals surface area contributed by atoms with E-state index < -0.39 is 5.41 Å². The molecule has 62 heavy (non-hydrogen) atoms. The van der Waals surface area contributed by atoms with Gasteiger partial charge in [0.2, 0.25) is 0 Å². The molecule has 2 aliphatic carbocycles. The lowest BCUT2D eigenvalue weighted by atomic mass is 9.70. The highest BCUT2D eigenvalue weighted by atomic mass is 15.1. The predicted octanol–water partition coefficient (Wildman–Crippen LogP) is 16.3. The van der Waals surface area contributed by atoms with Gasteiger partial charge in [0.05, 0.1) is 5.41 Å². The average molecular weight is 786 g/mol. The van der Waals surface area contributed by atoms with E-state index in [1.54, 1.807) is 0 Å². The zero-order chi connectivity index (χ0) is 40.8. The van der Waals surface area contributed by atoms with E-state index in [0.717, 1.165) is 17.1 Å². The van der Waals surface area contributed by atoms with Gasteiger partial charge in [0.15, 0.2) is 0 Å². The van der Waals surface area contributed by atoms with E-state index >= 15 is 0 Å². The number of benzene rings is 11. The van der Waals surface area contributed by atoms with E-state index in [2.05, 4.69) is 241 Å². The Balaban J connectivity index is 1.08. The smallest absolute Gasteiger partial charge is 0.0726 e. The van der Waals surface area contributed by atoms with Crippen molar-refractivity contribution in [2.24, 2.45) is 0 Å². The number of anilines is 3. The molecule has 0 bridgehead atoms. The van der Waals surface area contributed by atoms with Crippen LogP contribution in [0.2, 0.25) is 0 Å². The topological polar surface area (TPSA) is 3.24 Å². The first kappa shape index (κ1) is 34.8. The zero-order valence-electron chi connectivity index (χ0n) is 34.0. The fourth-order valence-corrected chi connectivity index (χ4v) is 11.1. The number of hydrogen-bond acceptors (Lipinski definition) is 1. The van der Waals surface area contributed by atoms with Crippen LogP contribution in [0.1, 0.15) is 22.3 Å². The standard InChI is InChI=1S/C61H39N/c1-2-17-40(18-3-1)45-21-4-5-22-46(45)41-19-16-20-42(37-41)62(43-33-35-51-49-25-7-6-23-47(49)48-24-8-9-26-50(48)56(51)38-43)44-34-36-55-54-29-12-15-32-59(54)61(60(55)39-44)57-30-13-10-27-52(57)53-28-11-14-31-58(53)61/h1-39H. The van der Waals surface area contributed by atoms with Crippen LogP contribution < -0.4 is 4.90 Å². The van der Waals surface area contributed by atoms with E-state index in [-0.39, 0.29) is 0 Å². The fraction of sp³-hybridized carbons (Fsp3) is 0.0164. The van der Waals surface area contributed by atoms with Gasteiger partial charge >= 0.3 is 0 Å². The van der Waals surface area contributed by atoms with Crippen molar-refractivity contribution < 1.29 is 0 Å². The maximum absolute atomic E-state index is 2.50. The second-order valence-electron chi connectivity index (χ2n) is 16.7. The molecule has 1 nitrogen and oxygen atoms in total. The number of nitrogens with zero attached hydrogens (tertiary/aromatic N) is 1. The quantitative estimate of drug-likeness (QED) is 0.157. The van der Waals surface area contributed by atoms with E-state index in [1.165, 1.54) is 99.1 Å². The highest BCUT2D eigenvalue weighted by molar-refractivity contribution is 6.25. The van der Waals surface area contributed by atoms with Crippen molar-refractivity contribution in [2.75, 3.05) is 4.90 Å². The van der Waals surface area contributed by atoms with Gasteiger partial charge in [0.25, 0.3) is 0 Å². The minimum atomic E-state index is -0.449. The number of fused-ring (bicyclic) bond motifs is 16. The highest BCUT2D eigenvalue weighted by Crippen LogP contribution is 2.63. The van der Waals surface area contributed by atoms with Crippen LogP contribution in [-0.4, -0.2) is 0 Å². The normalized spacial score (nSPS) is 13.0. The molecule has 0 aliphatic heterocycles. The highest BCUT2D eigenvalue weighted by Gasteiger charge is 2.51. The van der Waals surface area contributed by atoms with Gasteiger partial charge in [0.1, 0.15) is 0 Å².